The second-order valence-electron chi connectivity index (χ2n) is 4.91. The minimum atomic E-state index is 0.295. The lowest BCUT2D eigenvalue weighted by Gasteiger charge is -2.32. The van der Waals surface area contributed by atoms with E-state index in [9.17, 15) is 0 Å². The van der Waals surface area contributed by atoms with E-state index in [0.29, 0.717) is 18.3 Å². The van der Waals surface area contributed by atoms with Crippen molar-refractivity contribution in [2.45, 2.75) is 25.8 Å². The quantitative estimate of drug-likeness (QED) is 0.536. The molecular formula is C13H22N4O. The Kier molecular flexibility index (Phi) is 4.92. The third-order valence-electron chi connectivity index (χ3n) is 3.48. The maximum absolute atomic E-state index is 9.01. The van der Waals surface area contributed by atoms with Crippen LogP contribution in [0.1, 0.15) is 25.0 Å². The second-order valence-corrected chi connectivity index (χ2v) is 4.91. The molecule has 0 radical (unpaired) electrons. The van der Waals surface area contributed by atoms with Crippen LogP contribution in [-0.4, -0.2) is 34.7 Å². The topological polar surface area (TPSA) is 74.4 Å². The van der Waals surface area contributed by atoms with Gasteiger partial charge in [0, 0.05) is 19.7 Å². The van der Waals surface area contributed by atoms with Crippen molar-refractivity contribution in [1.82, 2.24) is 9.88 Å². The van der Waals surface area contributed by atoms with Crippen molar-refractivity contribution < 1.29 is 5.11 Å². The first-order chi connectivity index (χ1) is 8.81. The van der Waals surface area contributed by atoms with Gasteiger partial charge < -0.3 is 10.5 Å². The molecule has 4 N–H and O–H groups in total. The van der Waals surface area contributed by atoms with Crippen molar-refractivity contribution in [2.75, 3.05) is 25.1 Å². The Hall–Kier alpha value is -1.17. The molecule has 1 aliphatic rings. The highest BCUT2D eigenvalue weighted by molar-refractivity contribution is 5.33. The van der Waals surface area contributed by atoms with Gasteiger partial charge >= 0.3 is 0 Å². The van der Waals surface area contributed by atoms with Gasteiger partial charge in [0.1, 0.15) is 5.82 Å². The first kappa shape index (κ1) is 13.3. The van der Waals surface area contributed by atoms with Crippen LogP contribution in [0, 0.1) is 5.92 Å². The summed E-state index contributed by atoms with van der Waals surface area (Å²) < 4.78 is 0. The Morgan fingerprint density at radius 1 is 1.50 bits per heavy atom. The van der Waals surface area contributed by atoms with Gasteiger partial charge in [-0.2, -0.15) is 0 Å². The Bertz CT molecular complexity index is 370. The van der Waals surface area contributed by atoms with Gasteiger partial charge in [-0.15, -0.1) is 0 Å². The predicted molar refractivity (Wildman–Crippen MR) is 71.8 cm³/mol. The monoisotopic (exact) mass is 250 g/mol. The molecule has 2 rings (SSSR count). The van der Waals surface area contributed by atoms with Gasteiger partial charge in [0.05, 0.1) is 5.69 Å². The maximum atomic E-state index is 9.01. The number of pyridine rings is 1. The van der Waals surface area contributed by atoms with Crippen molar-refractivity contribution in [3.63, 3.8) is 0 Å². The number of nitrogens with one attached hydrogen (secondary N) is 1. The summed E-state index contributed by atoms with van der Waals surface area (Å²) in [5.41, 5.74) is 3.61. The Labute approximate surface area is 108 Å². The number of hydrogen-bond donors (Lipinski definition) is 3. The Morgan fingerprint density at radius 2 is 2.39 bits per heavy atom. The lowest BCUT2D eigenvalue weighted by atomic mass is 9.95. The standard InChI is InChI=1S/C13H22N4O/c14-16-13-5-1-4-12(15-13)10-17-7-2-3-11(9-17)6-8-18/h1,4-5,11,18H,2-3,6-10,14H2,(H,15,16). The van der Waals surface area contributed by atoms with E-state index in [4.69, 9.17) is 10.9 Å². The number of hydrazine groups is 1. The SMILES string of the molecule is NNc1cccc(CN2CCCC(CCO)C2)n1. The number of hydrogen-bond acceptors (Lipinski definition) is 5. The molecule has 1 atom stereocenters. The molecule has 0 aromatic carbocycles. The van der Waals surface area contributed by atoms with Crippen LogP contribution in [-0.2, 0) is 6.54 Å². The first-order valence-electron chi connectivity index (χ1n) is 6.57. The van der Waals surface area contributed by atoms with E-state index in [1.54, 1.807) is 0 Å². The molecule has 0 spiro atoms. The van der Waals surface area contributed by atoms with Gasteiger partial charge in [-0.3, -0.25) is 4.90 Å². The van der Waals surface area contributed by atoms with Gasteiger partial charge in [0.15, 0.2) is 0 Å². The summed E-state index contributed by atoms with van der Waals surface area (Å²) in [6.45, 7) is 3.33. The van der Waals surface area contributed by atoms with Crippen molar-refractivity contribution in [1.29, 1.82) is 0 Å². The van der Waals surface area contributed by atoms with Crippen LogP contribution < -0.4 is 11.3 Å². The van der Waals surface area contributed by atoms with E-state index in [1.807, 2.05) is 18.2 Å². The first-order valence-corrected chi connectivity index (χ1v) is 6.57. The summed E-state index contributed by atoms with van der Waals surface area (Å²) >= 11 is 0. The number of nitrogens with zero attached hydrogens (tertiary/aromatic N) is 2. The Balaban J connectivity index is 1.91. The summed E-state index contributed by atoms with van der Waals surface area (Å²) in [6, 6.07) is 5.84. The molecule has 18 heavy (non-hydrogen) atoms. The Morgan fingerprint density at radius 3 is 3.17 bits per heavy atom. The van der Waals surface area contributed by atoms with Crippen LogP contribution in [0.15, 0.2) is 18.2 Å². The highest BCUT2D eigenvalue weighted by atomic mass is 16.3. The molecular weight excluding hydrogens is 228 g/mol. The van der Waals surface area contributed by atoms with Gasteiger partial charge in [0.2, 0.25) is 0 Å². The van der Waals surface area contributed by atoms with Gasteiger partial charge in [-0.05, 0) is 43.9 Å². The van der Waals surface area contributed by atoms with E-state index >= 15 is 0 Å². The van der Waals surface area contributed by atoms with Crippen LogP contribution in [0.3, 0.4) is 0 Å². The van der Waals surface area contributed by atoms with Crippen LogP contribution in [0.5, 0.6) is 0 Å². The predicted octanol–water partition coefficient (Wildman–Crippen LogP) is 0.962. The summed E-state index contributed by atoms with van der Waals surface area (Å²) in [7, 11) is 0. The molecule has 0 saturated carbocycles. The number of aromatic nitrogens is 1. The van der Waals surface area contributed by atoms with Crippen LogP contribution in [0.4, 0.5) is 5.82 Å². The van der Waals surface area contributed by atoms with Gasteiger partial charge in [0.25, 0.3) is 0 Å². The van der Waals surface area contributed by atoms with E-state index < -0.39 is 0 Å². The maximum Gasteiger partial charge on any atom is 0.140 e. The van der Waals surface area contributed by atoms with E-state index in [0.717, 1.165) is 31.7 Å². The smallest absolute Gasteiger partial charge is 0.140 e. The molecule has 100 valence electrons. The van der Waals surface area contributed by atoms with E-state index in [1.165, 1.54) is 12.8 Å². The van der Waals surface area contributed by atoms with Gasteiger partial charge in [-0.1, -0.05) is 6.07 Å². The number of nitrogen functional groups attached to an aromatic ring is 1. The highest BCUT2D eigenvalue weighted by Crippen LogP contribution is 2.20. The molecule has 1 saturated heterocycles. The molecule has 0 bridgehead atoms. The van der Waals surface area contributed by atoms with E-state index in [-0.39, 0.29) is 0 Å². The third-order valence-corrected chi connectivity index (χ3v) is 3.48. The van der Waals surface area contributed by atoms with Crippen LogP contribution in [0.2, 0.25) is 0 Å². The fourth-order valence-electron chi connectivity index (χ4n) is 2.59. The second kappa shape index (κ2) is 6.68. The summed E-state index contributed by atoms with van der Waals surface area (Å²) in [4.78, 5) is 6.84. The zero-order valence-electron chi connectivity index (χ0n) is 10.7. The van der Waals surface area contributed by atoms with Crippen molar-refractivity contribution in [3.8, 4) is 0 Å². The molecule has 1 fully saturated rings. The third kappa shape index (κ3) is 3.66. The normalized spacial score (nSPS) is 20.9. The molecule has 1 aromatic heterocycles. The number of aliphatic hydroxyl groups excluding tert-OH is 1. The lowest BCUT2D eigenvalue weighted by molar-refractivity contribution is 0.141. The summed E-state index contributed by atoms with van der Waals surface area (Å²) in [5, 5.41) is 9.01. The number of nitrogens with two attached hydrogens (primary N) is 1. The molecule has 0 aliphatic carbocycles. The van der Waals surface area contributed by atoms with Gasteiger partial charge in [-0.25, -0.2) is 10.8 Å². The lowest BCUT2D eigenvalue weighted by Crippen LogP contribution is -2.35. The molecule has 1 unspecified atom stereocenters. The number of aliphatic hydroxyl groups is 1. The summed E-state index contributed by atoms with van der Waals surface area (Å²) in [5.74, 6) is 6.69. The molecule has 5 nitrogen and oxygen atoms in total. The number of anilines is 1. The van der Waals surface area contributed by atoms with Crippen molar-refractivity contribution >= 4 is 5.82 Å². The molecule has 2 heterocycles. The fourth-order valence-corrected chi connectivity index (χ4v) is 2.59. The minimum Gasteiger partial charge on any atom is -0.396 e. The van der Waals surface area contributed by atoms with Crippen LogP contribution >= 0.6 is 0 Å². The average molecular weight is 250 g/mol. The largest absolute Gasteiger partial charge is 0.396 e. The summed E-state index contributed by atoms with van der Waals surface area (Å²) in [6.07, 6.45) is 3.35. The van der Waals surface area contributed by atoms with Crippen molar-refractivity contribution in [2.24, 2.45) is 11.8 Å². The molecule has 1 aliphatic heterocycles. The van der Waals surface area contributed by atoms with Crippen molar-refractivity contribution in [3.05, 3.63) is 23.9 Å². The molecule has 0 amide bonds. The minimum absolute atomic E-state index is 0.295. The van der Waals surface area contributed by atoms with E-state index in [2.05, 4.69) is 15.3 Å². The molecule has 1 aromatic rings. The molecule has 5 heteroatoms. The average Bonchev–Trinajstić information content (AvgIpc) is 2.40. The number of rotatable bonds is 5. The number of piperidine rings is 1. The highest BCUT2D eigenvalue weighted by Gasteiger charge is 2.19. The zero-order chi connectivity index (χ0) is 12.8. The number of likely N-dealkylation sites (tertiary alicyclic amines) is 1. The fraction of sp³-hybridized carbons (Fsp3) is 0.615. The zero-order valence-corrected chi connectivity index (χ0v) is 10.7. The van der Waals surface area contributed by atoms with Crippen LogP contribution in [0.25, 0.3) is 0 Å².